The summed E-state index contributed by atoms with van der Waals surface area (Å²) < 4.78 is 2.48. The van der Waals surface area contributed by atoms with Crippen molar-refractivity contribution in [2.45, 2.75) is 0 Å². The third-order valence-corrected chi connectivity index (χ3v) is 1.73. The zero-order chi connectivity index (χ0) is 6.85. The van der Waals surface area contributed by atoms with Crippen molar-refractivity contribution >= 4 is 16.7 Å². The SMILES string of the molecule is CN(C)c1nc(=O)[nH]s1. The minimum absolute atomic E-state index is 0.274. The van der Waals surface area contributed by atoms with Crippen LogP contribution in [0.15, 0.2) is 4.79 Å². The van der Waals surface area contributed by atoms with Crippen LogP contribution in [0.4, 0.5) is 5.13 Å². The van der Waals surface area contributed by atoms with Crippen LogP contribution in [-0.4, -0.2) is 23.5 Å². The Labute approximate surface area is 56.3 Å². The summed E-state index contributed by atoms with van der Waals surface area (Å²) >= 11 is 1.23. The summed E-state index contributed by atoms with van der Waals surface area (Å²) in [5, 5.41) is 0.708. The average molecular weight is 145 g/mol. The van der Waals surface area contributed by atoms with Crippen molar-refractivity contribution in [1.82, 2.24) is 9.36 Å². The molecule has 5 heteroatoms. The number of aromatic amines is 1. The van der Waals surface area contributed by atoms with Gasteiger partial charge in [-0.25, -0.2) is 4.79 Å². The second-order valence-electron chi connectivity index (χ2n) is 1.80. The lowest BCUT2D eigenvalue weighted by Crippen LogP contribution is -2.10. The molecule has 0 radical (unpaired) electrons. The Hall–Kier alpha value is -0.840. The molecule has 1 rings (SSSR count). The van der Waals surface area contributed by atoms with E-state index in [0.29, 0.717) is 5.13 Å². The zero-order valence-electron chi connectivity index (χ0n) is 5.21. The molecule has 1 aromatic heterocycles. The van der Waals surface area contributed by atoms with Crippen LogP contribution in [-0.2, 0) is 0 Å². The highest BCUT2D eigenvalue weighted by Crippen LogP contribution is 2.06. The summed E-state index contributed by atoms with van der Waals surface area (Å²) in [4.78, 5) is 15.8. The molecule has 1 heterocycles. The Morgan fingerprint density at radius 2 is 2.33 bits per heavy atom. The van der Waals surface area contributed by atoms with Crippen molar-refractivity contribution in [2.75, 3.05) is 19.0 Å². The molecule has 0 aliphatic heterocycles. The van der Waals surface area contributed by atoms with E-state index in [1.807, 2.05) is 14.1 Å². The number of H-pyrrole nitrogens is 1. The van der Waals surface area contributed by atoms with Crippen LogP contribution in [0.25, 0.3) is 0 Å². The van der Waals surface area contributed by atoms with Gasteiger partial charge in [-0.15, -0.1) is 0 Å². The van der Waals surface area contributed by atoms with Crippen LogP contribution in [0.1, 0.15) is 0 Å². The summed E-state index contributed by atoms with van der Waals surface area (Å²) in [5.41, 5.74) is -0.274. The fraction of sp³-hybridized carbons (Fsp3) is 0.500. The first-order valence-corrected chi connectivity index (χ1v) is 3.24. The van der Waals surface area contributed by atoms with Crippen molar-refractivity contribution in [1.29, 1.82) is 0 Å². The fourth-order valence-corrected chi connectivity index (χ4v) is 0.948. The van der Waals surface area contributed by atoms with E-state index in [4.69, 9.17) is 0 Å². The molecule has 0 saturated carbocycles. The van der Waals surface area contributed by atoms with Gasteiger partial charge in [0.15, 0.2) is 0 Å². The van der Waals surface area contributed by atoms with Crippen LogP contribution in [0.3, 0.4) is 0 Å². The summed E-state index contributed by atoms with van der Waals surface area (Å²) in [7, 11) is 3.68. The number of hydrogen-bond donors (Lipinski definition) is 1. The molecule has 0 aromatic carbocycles. The van der Waals surface area contributed by atoms with E-state index < -0.39 is 0 Å². The minimum Gasteiger partial charge on any atom is -0.353 e. The molecule has 4 nitrogen and oxygen atoms in total. The molecule has 0 aliphatic rings. The highest BCUT2D eigenvalue weighted by atomic mass is 32.1. The van der Waals surface area contributed by atoms with Gasteiger partial charge < -0.3 is 4.90 Å². The van der Waals surface area contributed by atoms with Gasteiger partial charge in [0, 0.05) is 14.1 Å². The molecule has 1 N–H and O–H groups in total. The average Bonchev–Trinajstić information content (AvgIpc) is 2.14. The first kappa shape index (κ1) is 6.28. The lowest BCUT2D eigenvalue weighted by molar-refractivity contribution is 1.08. The second-order valence-corrected chi connectivity index (χ2v) is 2.57. The zero-order valence-corrected chi connectivity index (χ0v) is 6.03. The third kappa shape index (κ3) is 1.29. The highest BCUT2D eigenvalue weighted by molar-refractivity contribution is 7.09. The fourth-order valence-electron chi connectivity index (χ4n) is 0.413. The molecule has 0 bridgehead atoms. The van der Waals surface area contributed by atoms with E-state index in [2.05, 4.69) is 9.36 Å². The van der Waals surface area contributed by atoms with Crippen LogP contribution in [0.2, 0.25) is 0 Å². The largest absolute Gasteiger partial charge is 0.357 e. The standard InChI is InChI=1S/C4H7N3OS/c1-7(2)4-5-3(8)6-9-4/h1-2H3,(H,6,8). The number of rotatable bonds is 1. The number of nitrogens with one attached hydrogen (secondary N) is 1. The van der Waals surface area contributed by atoms with Gasteiger partial charge in [0.25, 0.3) is 0 Å². The summed E-state index contributed by atoms with van der Waals surface area (Å²) in [6, 6.07) is 0. The molecule has 0 atom stereocenters. The Kier molecular flexibility index (Phi) is 1.52. The summed E-state index contributed by atoms with van der Waals surface area (Å²) in [5.74, 6) is 0. The van der Waals surface area contributed by atoms with E-state index in [-0.39, 0.29) is 5.69 Å². The van der Waals surface area contributed by atoms with Crippen LogP contribution in [0.5, 0.6) is 0 Å². The second kappa shape index (κ2) is 2.18. The number of hydrogen-bond acceptors (Lipinski definition) is 4. The maximum Gasteiger partial charge on any atom is 0.357 e. The maximum absolute atomic E-state index is 10.4. The highest BCUT2D eigenvalue weighted by Gasteiger charge is 1.97. The summed E-state index contributed by atoms with van der Waals surface area (Å²) in [6.07, 6.45) is 0. The van der Waals surface area contributed by atoms with Crippen molar-refractivity contribution < 1.29 is 0 Å². The molecule has 0 aliphatic carbocycles. The van der Waals surface area contributed by atoms with Crippen LogP contribution in [0, 0.1) is 0 Å². The van der Waals surface area contributed by atoms with Gasteiger partial charge in [0.2, 0.25) is 5.13 Å². The van der Waals surface area contributed by atoms with Gasteiger partial charge >= 0.3 is 5.69 Å². The Morgan fingerprint density at radius 3 is 2.56 bits per heavy atom. The topological polar surface area (TPSA) is 49.0 Å². The van der Waals surface area contributed by atoms with Gasteiger partial charge in [-0.1, -0.05) is 0 Å². The van der Waals surface area contributed by atoms with Gasteiger partial charge in [0.05, 0.1) is 0 Å². The van der Waals surface area contributed by atoms with E-state index in [9.17, 15) is 4.79 Å². The van der Waals surface area contributed by atoms with Crippen molar-refractivity contribution in [3.8, 4) is 0 Å². The van der Waals surface area contributed by atoms with E-state index in [0.717, 1.165) is 0 Å². The molecule has 0 spiro atoms. The third-order valence-electron chi connectivity index (χ3n) is 0.809. The van der Waals surface area contributed by atoms with Crippen LogP contribution < -0.4 is 10.6 Å². The Balaban J connectivity index is 2.98. The Bertz CT molecular complexity index is 238. The normalized spacial score (nSPS) is 9.56. The molecule has 0 fully saturated rings. The first-order valence-electron chi connectivity index (χ1n) is 2.43. The van der Waals surface area contributed by atoms with Gasteiger partial charge in [0.1, 0.15) is 0 Å². The molecule has 50 valence electrons. The quantitative estimate of drug-likeness (QED) is 0.600. The van der Waals surface area contributed by atoms with E-state index in [1.54, 1.807) is 4.90 Å². The van der Waals surface area contributed by atoms with Crippen LogP contribution >= 0.6 is 11.5 Å². The smallest absolute Gasteiger partial charge is 0.353 e. The molecule has 0 amide bonds. The predicted molar refractivity (Wildman–Crippen MR) is 37.1 cm³/mol. The first-order chi connectivity index (χ1) is 4.20. The van der Waals surface area contributed by atoms with Gasteiger partial charge in [-0.05, 0) is 11.5 Å². The molecular formula is C4H7N3OS. The Morgan fingerprint density at radius 1 is 1.67 bits per heavy atom. The lowest BCUT2D eigenvalue weighted by Gasteiger charge is -2.03. The summed E-state index contributed by atoms with van der Waals surface area (Å²) in [6.45, 7) is 0. The van der Waals surface area contributed by atoms with Crippen molar-refractivity contribution in [3.63, 3.8) is 0 Å². The van der Waals surface area contributed by atoms with Gasteiger partial charge in [-0.3, -0.25) is 4.37 Å². The molecule has 0 unspecified atom stereocenters. The maximum atomic E-state index is 10.4. The lowest BCUT2D eigenvalue weighted by atomic mass is 10.9. The number of anilines is 1. The monoisotopic (exact) mass is 145 g/mol. The molecule has 9 heavy (non-hydrogen) atoms. The van der Waals surface area contributed by atoms with E-state index in [1.165, 1.54) is 11.5 Å². The van der Waals surface area contributed by atoms with Crippen molar-refractivity contribution in [3.05, 3.63) is 10.5 Å². The number of nitrogens with zero attached hydrogens (tertiary/aromatic N) is 2. The van der Waals surface area contributed by atoms with Gasteiger partial charge in [-0.2, -0.15) is 4.98 Å². The number of aromatic nitrogens is 2. The predicted octanol–water partition coefficient (Wildman–Crippen LogP) is -0.103. The molecular weight excluding hydrogens is 138 g/mol. The molecule has 0 saturated heterocycles. The van der Waals surface area contributed by atoms with E-state index >= 15 is 0 Å². The minimum atomic E-state index is -0.274. The molecule has 1 aromatic rings. The van der Waals surface area contributed by atoms with Crippen molar-refractivity contribution in [2.24, 2.45) is 0 Å².